The predicted molar refractivity (Wildman–Crippen MR) is 110 cm³/mol. The fourth-order valence-electron chi connectivity index (χ4n) is 4.28. The number of carbonyl (C=O) groups excluding carboxylic acids is 1. The summed E-state index contributed by atoms with van der Waals surface area (Å²) in [4.78, 5) is 25.9. The van der Waals surface area contributed by atoms with Gasteiger partial charge in [-0.1, -0.05) is 26.0 Å². The highest BCUT2D eigenvalue weighted by molar-refractivity contribution is 5.79. The van der Waals surface area contributed by atoms with E-state index in [4.69, 9.17) is 14.6 Å². The fraction of sp³-hybridized carbons (Fsp3) is 0.636. The van der Waals surface area contributed by atoms with Crippen molar-refractivity contribution in [1.29, 1.82) is 0 Å². The van der Waals surface area contributed by atoms with Crippen molar-refractivity contribution in [3.63, 3.8) is 0 Å². The fourth-order valence-corrected chi connectivity index (χ4v) is 4.28. The van der Waals surface area contributed by atoms with Crippen molar-refractivity contribution in [3.05, 3.63) is 35.6 Å². The molecule has 1 spiro atoms. The number of rotatable bonds is 5. The van der Waals surface area contributed by atoms with Crippen LogP contribution in [0, 0.1) is 5.82 Å². The number of carbonyl (C=O) groups is 2. The minimum absolute atomic E-state index is 0.108. The molecule has 1 aromatic rings. The second-order valence-electron chi connectivity index (χ2n) is 8.07. The van der Waals surface area contributed by atoms with Crippen molar-refractivity contribution in [3.8, 4) is 0 Å². The van der Waals surface area contributed by atoms with Gasteiger partial charge in [0, 0.05) is 25.7 Å². The lowest BCUT2D eigenvalue weighted by atomic mass is 9.88. The number of ether oxygens (including phenoxy) is 1. The molecule has 2 saturated heterocycles. The highest BCUT2D eigenvalue weighted by Crippen LogP contribution is 2.36. The summed E-state index contributed by atoms with van der Waals surface area (Å²) in [5.74, 6) is -2.92. The van der Waals surface area contributed by atoms with Gasteiger partial charge in [-0.05, 0) is 50.0 Å². The third-order valence-electron chi connectivity index (χ3n) is 5.98. The van der Waals surface area contributed by atoms with Gasteiger partial charge in [0.25, 0.3) is 0 Å². The first-order valence-electron chi connectivity index (χ1n) is 10.7. The molecule has 10 heteroatoms. The van der Waals surface area contributed by atoms with Crippen LogP contribution in [0.3, 0.4) is 0 Å². The van der Waals surface area contributed by atoms with Gasteiger partial charge in [-0.2, -0.15) is 13.2 Å². The summed E-state index contributed by atoms with van der Waals surface area (Å²) in [6, 6.07) is 6.75. The number of halogens is 4. The Morgan fingerprint density at radius 3 is 2.34 bits per heavy atom. The van der Waals surface area contributed by atoms with E-state index in [1.165, 1.54) is 12.1 Å². The lowest BCUT2D eigenvalue weighted by Crippen LogP contribution is -2.50. The Kier molecular flexibility index (Phi) is 9.03. The Morgan fingerprint density at radius 1 is 1.22 bits per heavy atom. The molecule has 0 aromatic heterocycles. The first-order valence-corrected chi connectivity index (χ1v) is 10.7. The van der Waals surface area contributed by atoms with Gasteiger partial charge in [0.05, 0.1) is 12.0 Å². The molecule has 2 aliphatic heterocycles. The van der Waals surface area contributed by atoms with E-state index in [9.17, 15) is 22.4 Å². The van der Waals surface area contributed by atoms with Crippen LogP contribution in [-0.4, -0.2) is 77.4 Å². The van der Waals surface area contributed by atoms with Gasteiger partial charge in [0.1, 0.15) is 5.82 Å². The summed E-state index contributed by atoms with van der Waals surface area (Å²) in [6.07, 6.45) is -1.75. The molecule has 1 aromatic carbocycles. The molecule has 6 nitrogen and oxygen atoms in total. The summed E-state index contributed by atoms with van der Waals surface area (Å²) >= 11 is 0. The Hall–Kier alpha value is -2.20. The van der Waals surface area contributed by atoms with Crippen LogP contribution < -0.4 is 0 Å². The number of aliphatic carboxylic acids is 1. The molecule has 2 fully saturated rings. The molecule has 0 saturated carbocycles. The van der Waals surface area contributed by atoms with Crippen molar-refractivity contribution in [1.82, 2.24) is 9.80 Å². The van der Waals surface area contributed by atoms with Gasteiger partial charge < -0.3 is 19.6 Å². The van der Waals surface area contributed by atoms with E-state index in [0.717, 1.165) is 51.1 Å². The smallest absolute Gasteiger partial charge is 0.475 e. The Bertz CT molecular complexity index is 768. The van der Waals surface area contributed by atoms with Crippen LogP contribution in [0.2, 0.25) is 0 Å². The lowest BCUT2D eigenvalue weighted by Gasteiger charge is -2.42. The second kappa shape index (κ2) is 11.1. The Labute approximate surface area is 185 Å². The van der Waals surface area contributed by atoms with Gasteiger partial charge >= 0.3 is 12.1 Å². The maximum absolute atomic E-state index is 13.0. The summed E-state index contributed by atoms with van der Waals surface area (Å²) < 4.78 is 50.9. The maximum atomic E-state index is 13.0. The number of nitrogens with zero attached hydrogens (tertiary/aromatic N) is 2. The first kappa shape index (κ1) is 26.1. The number of alkyl halides is 3. The number of hydrogen-bond donors (Lipinski definition) is 1. The van der Waals surface area contributed by atoms with Crippen LogP contribution >= 0.6 is 0 Å². The second-order valence-corrected chi connectivity index (χ2v) is 8.07. The van der Waals surface area contributed by atoms with Crippen molar-refractivity contribution in [2.75, 3.05) is 32.8 Å². The zero-order valence-corrected chi connectivity index (χ0v) is 18.3. The lowest BCUT2D eigenvalue weighted by molar-refractivity contribution is -0.192. The van der Waals surface area contributed by atoms with E-state index in [2.05, 4.69) is 18.7 Å². The first-order chi connectivity index (χ1) is 15.0. The monoisotopic (exact) mass is 462 g/mol. The van der Waals surface area contributed by atoms with Crippen LogP contribution in [0.5, 0.6) is 0 Å². The minimum atomic E-state index is -5.08. The molecule has 1 N–H and O–H groups in total. The number of likely N-dealkylation sites (tertiary alicyclic amines) is 1. The Morgan fingerprint density at radius 2 is 1.81 bits per heavy atom. The van der Waals surface area contributed by atoms with E-state index in [1.807, 2.05) is 4.90 Å². The molecule has 0 unspecified atom stereocenters. The van der Waals surface area contributed by atoms with Crippen LogP contribution in [-0.2, 0) is 20.7 Å². The number of carboxylic acids is 1. The summed E-state index contributed by atoms with van der Waals surface area (Å²) in [5.41, 5.74) is 0.683. The highest BCUT2D eigenvalue weighted by atomic mass is 19.4. The molecule has 0 bridgehead atoms. The number of amides is 1. The SMILES string of the molecule is CCN(CC)[C@@H]1CCO[C@]2(CCN(C(=O)Cc3ccc(F)cc3)C2)C1.O=C(O)C(F)(F)F. The molecular formula is C22H30F4N2O4. The van der Waals surface area contributed by atoms with Crippen LogP contribution in [0.1, 0.15) is 38.7 Å². The van der Waals surface area contributed by atoms with E-state index in [-0.39, 0.29) is 17.3 Å². The zero-order valence-electron chi connectivity index (χ0n) is 18.3. The van der Waals surface area contributed by atoms with E-state index in [1.54, 1.807) is 12.1 Å². The van der Waals surface area contributed by atoms with E-state index in [0.29, 0.717) is 19.0 Å². The van der Waals surface area contributed by atoms with Crippen molar-refractivity contribution >= 4 is 11.9 Å². The zero-order chi connectivity index (χ0) is 23.9. The van der Waals surface area contributed by atoms with Gasteiger partial charge in [0.2, 0.25) is 5.91 Å². The van der Waals surface area contributed by atoms with Crippen LogP contribution in [0.4, 0.5) is 17.6 Å². The largest absolute Gasteiger partial charge is 0.490 e. The molecule has 0 aliphatic carbocycles. The van der Waals surface area contributed by atoms with Crippen molar-refractivity contribution in [2.24, 2.45) is 0 Å². The molecule has 1 amide bonds. The summed E-state index contributed by atoms with van der Waals surface area (Å²) in [5, 5.41) is 7.12. The van der Waals surface area contributed by atoms with Gasteiger partial charge in [-0.15, -0.1) is 0 Å². The van der Waals surface area contributed by atoms with Crippen molar-refractivity contribution < 1.29 is 37.0 Å². The topological polar surface area (TPSA) is 70.1 Å². The summed E-state index contributed by atoms with van der Waals surface area (Å²) in [7, 11) is 0. The number of hydrogen-bond acceptors (Lipinski definition) is 4. The molecule has 0 radical (unpaired) electrons. The quantitative estimate of drug-likeness (QED) is 0.679. The van der Waals surface area contributed by atoms with Crippen molar-refractivity contribution in [2.45, 2.75) is 57.3 Å². The normalized spacial score (nSPS) is 23.2. The predicted octanol–water partition coefficient (Wildman–Crippen LogP) is 3.49. The van der Waals surface area contributed by atoms with Crippen LogP contribution in [0.15, 0.2) is 24.3 Å². The van der Waals surface area contributed by atoms with E-state index < -0.39 is 12.1 Å². The third-order valence-corrected chi connectivity index (χ3v) is 5.98. The third kappa shape index (κ3) is 7.16. The average molecular weight is 462 g/mol. The Balaban J connectivity index is 0.000000451. The molecule has 180 valence electrons. The molecular weight excluding hydrogens is 432 g/mol. The standard InChI is InChI=1S/C20H29FN2O2.C2HF3O2/c1-3-22(4-2)18-9-12-25-20(14-18)10-11-23(15-20)19(24)13-16-5-7-17(21)8-6-16;3-2(4,5)1(6)7/h5-8,18H,3-4,9-15H2,1-2H3;(H,6,7)/t18-,20-;/m1./s1. The summed E-state index contributed by atoms with van der Waals surface area (Å²) in [6.45, 7) is 8.75. The van der Waals surface area contributed by atoms with E-state index >= 15 is 0 Å². The molecule has 2 aliphatic rings. The van der Waals surface area contributed by atoms with Gasteiger partial charge in [-0.3, -0.25) is 4.79 Å². The molecule has 2 heterocycles. The molecule has 3 rings (SSSR count). The maximum Gasteiger partial charge on any atom is 0.490 e. The van der Waals surface area contributed by atoms with Crippen LogP contribution in [0.25, 0.3) is 0 Å². The van der Waals surface area contributed by atoms with Gasteiger partial charge in [-0.25, -0.2) is 9.18 Å². The highest BCUT2D eigenvalue weighted by Gasteiger charge is 2.45. The molecule has 32 heavy (non-hydrogen) atoms. The number of carboxylic acid groups (broad SMARTS) is 1. The molecule has 2 atom stereocenters. The van der Waals surface area contributed by atoms with Gasteiger partial charge in [0.15, 0.2) is 0 Å². The minimum Gasteiger partial charge on any atom is -0.475 e. The average Bonchev–Trinajstić information content (AvgIpc) is 3.14. The number of benzene rings is 1.